The van der Waals surface area contributed by atoms with Gasteiger partial charge in [0, 0.05) is 10.8 Å². The Morgan fingerprint density at radius 3 is 1.38 bits per heavy atom. The van der Waals surface area contributed by atoms with Gasteiger partial charge in [0.25, 0.3) is 0 Å². The maximum atomic E-state index is 12.5. The van der Waals surface area contributed by atoms with Gasteiger partial charge in [0.15, 0.2) is 0 Å². The van der Waals surface area contributed by atoms with Gasteiger partial charge in [0.1, 0.15) is 12.2 Å². The number of likely N-dealkylation sites (tertiary alicyclic amines) is 2. The van der Waals surface area contributed by atoms with E-state index in [1.165, 1.54) is 9.80 Å². The molecule has 3 saturated heterocycles. The van der Waals surface area contributed by atoms with Crippen LogP contribution in [0, 0.1) is 10.8 Å². The molecule has 148 valence electrons. The second-order valence-corrected chi connectivity index (χ2v) is 9.77. The van der Waals surface area contributed by atoms with Gasteiger partial charge in [-0.15, -0.1) is 0 Å². The lowest BCUT2D eigenvalue weighted by Gasteiger charge is -2.43. The van der Waals surface area contributed by atoms with Gasteiger partial charge >= 0.3 is 0 Å². The monoisotopic (exact) mass is 370 g/mol. The number of hydrogen-bond donors (Lipinski definition) is 2. The van der Waals surface area contributed by atoms with E-state index in [0.29, 0.717) is 0 Å². The zero-order chi connectivity index (χ0) is 19.7. The number of fused-ring (bicyclic) bond motifs is 2. The molecule has 0 aromatic carbocycles. The molecule has 0 aliphatic carbocycles. The molecule has 2 amide bonds. The Kier molecular flexibility index (Phi) is 4.24. The molecule has 0 unspecified atom stereocenters. The second kappa shape index (κ2) is 5.64. The van der Waals surface area contributed by atoms with Crippen molar-refractivity contribution in [3.8, 4) is 0 Å². The summed E-state index contributed by atoms with van der Waals surface area (Å²) in [6.07, 6.45) is -1.72. The fourth-order valence-corrected chi connectivity index (χ4v) is 3.80. The van der Waals surface area contributed by atoms with Crippen LogP contribution in [0.15, 0.2) is 0 Å². The quantitative estimate of drug-likeness (QED) is 0.619. The van der Waals surface area contributed by atoms with Crippen LogP contribution in [0.2, 0.25) is 0 Å². The van der Waals surface area contributed by atoms with Gasteiger partial charge in [-0.2, -0.15) is 0 Å². The molecule has 0 saturated carbocycles. The van der Waals surface area contributed by atoms with Crippen LogP contribution in [-0.4, -0.2) is 81.8 Å². The van der Waals surface area contributed by atoms with Gasteiger partial charge in [0.2, 0.25) is 23.4 Å². The first-order chi connectivity index (χ1) is 11.7. The predicted molar refractivity (Wildman–Crippen MR) is 91.7 cm³/mol. The molecule has 26 heavy (non-hydrogen) atoms. The maximum Gasteiger partial charge on any atom is 0.228 e. The van der Waals surface area contributed by atoms with Crippen LogP contribution >= 0.6 is 0 Å². The Hall–Kier alpha value is -1.22. The number of β-amino-alcohol motifs (C(OH)–C–C–N with tert-alkyl or cyclic N) is 2. The summed E-state index contributed by atoms with van der Waals surface area (Å²) >= 11 is 0. The lowest BCUT2D eigenvalue weighted by atomic mass is 9.95. The van der Waals surface area contributed by atoms with Gasteiger partial charge in [-0.25, -0.2) is 0 Å². The molecule has 0 aromatic rings. The van der Waals surface area contributed by atoms with E-state index in [1.54, 1.807) is 41.5 Å². The normalized spacial score (nSPS) is 37.5. The number of carbonyl (C=O) groups is 2. The summed E-state index contributed by atoms with van der Waals surface area (Å²) in [7, 11) is 0. The molecule has 8 nitrogen and oxygen atoms in total. The molecule has 0 bridgehead atoms. The lowest BCUT2D eigenvalue weighted by Crippen LogP contribution is -2.63. The molecular weight excluding hydrogens is 340 g/mol. The highest BCUT2D eigenvalue weighted by molar-refractivity contribution is 5.82. The van der Waals surface area contributed by atoms with Crippen molar-refractivity contribution in [3.05, 3.63) is 0 Å². The number of aliphatic hydroxyl groups is 2. The van der Waals surface area contributed by atoms with E-state index < -0.39 is 34.6 Å². The van der Waals surface area contributed by atoms with E-state index in [0.717, 1.165) is 0 Å². The Morgan fingerprint density at radius 2 is 1.12 bits per heavy atom. The van der Waals surface area contributed by atoms with E-state index in [2.05, 4.69) is 0 Å². The number of ether oxygens (including phenoxy) is 2. The Labute approximate surface area is 154 Å². The van der Waals surface area contributed by atoms with Crippen molar-refractivity contribution in [3.63, 3.8) is 0 Å². The molecule has 3 heterocycles. The van der Waals surface area contributed by atoms with Gasteiger partial charge < -0.3 is 29.5 Å². The molecule has 3 fully saturated rings. The fourth-order valence-electron chi connectivity index (χ4n) is 3.80. The minimum atomic E-state index is -1.68. The van der Waals surface area contributed by atoms with Crippen molar-refractivity contribution in [1.82, 2.24) is 9.80 Å². The summed E-state index contributed by atoms with van der Waals surface area (Å²) < 4.78 is 11.6. The molecule has 8 heteroatoms. The number of amides is 2. The van der Waals surface area contributed by atoms with Crippen molar-refractivity contribution in [2.75, 3.05) is 26.2 Å². The smallest absolute Gasteiger partial charge is 0.228 e. The molecule has 0 radical (unpaired) electrons. The van der Waals surface area contributed by atoms with Crippen LogP contribution in [0.3, 0.4) is 0 Å². The minimum absolute atomic E-state index is 0.0203. The second-order valence-electron chi connectivity index (χ2n) is 9.77. The van der Waals surface area contributed by atoms with Gasteiger partial charge in [-0.1, -0.05) is 41.5 Å². The molecule has 0 spiro atoms. The Bertz CT molecular complexity index is 570. The van der Waals surface area contributed by atoms with Crippen molar-refractivity contribution in [2.24, 2.45) is 10.8 Å². The molecular formula is C18H30N2O6. The molecule has 3 aliphatic rings. The first-order valence-corrected chi connectivity index (χ1v) is 9.05. The third-order valence-electron chi connectivity index (χ3n) is 5.16. The number of hydrogen-bond acceptors (Lipinski definition) is 6. The zero-order valence-corrected chi connectivity index (χ0v) is 16.4. The van der Waals surface area contributed by atoms with Gasteiger partial charge in [-0.05, 0) is 0 Å². The number of carbonyl (C=O) groups excluding carboxylic acids is 2. The minimum Gasteiger partial charge on any atom is -0.362 e. The first kappa shape index (κ1) is 19.5. The van der Waals surface area contributed by atoms with E-state index in [1.807, 2.05) is 0 Å². The van der Waals surface area contributed by atoms with E-state index in [4.69, 9.17) is 9.47 Å². The van der Waals surface area contributed by atoms with Gasteiger partial charge in [0.05, 0.1) is 26.2 Å². The average Bonchev–Trinajstić information content (AvgIpc) is 2.95. The third kappa shape index (κ3) is 3.13. The van der Waals surface area contributed by atoms with Crippen molar-refractivity contribution >= 4 is 11.8 Å². The summed E-state index contributed by atoms with van der Waals surface area (Å²) in [5.41, 5.74) is -1.18. The van der Waals surface area contributed by atoms with Crippen LogP contribution in [0.25, 0.3) is 0 Å². The summed E-state index contributed by atoms with van der Waals surface area (Å²) in [6, 6.07) is 0. The predicted octanol–water partition coefficient (Wildman–Crippen LogP) is -0.0758. The van der Waals surface area contributed by atoms with E-state index in [9.17, 15) is 19.8 Å². The third-order valence-corrected chi connectivity index (χ3v) is 5.16. The number of rotatable bonds is 0. The van der Waals surface area contributed by atoms with Gasteiger partial charge in [-0.3, -0.25) is 9.59 Å². The van der Waals surface area contributed by atoms with Crippen molar-refractivity contribution < 1.29 is 29.3 Å². The first-order valence-electron chi connectivity index (χ1n) is 9.05. The highest BCUT2D eigenvalue weighted by Gasteiger charge is 2.64. The SMILES string of the molecule is CC(C)(C)C(=O)N1C[C@@H]2O[C@@]3(O)CN(C(=O)C(C)(C)C)C[C@@H]3O[C@@]2(O)C1. The zero-order valence-electron chi connectivity index (χ0n) is 16.4. The number of nitrogens with zero attached hydrogens (tertiary/aromatic N) is 2. The maximum absolute atomic E-state index is 12.5. The molecule has 2 N–H and O–H groups in total. The largest absolute Gasteiger partial charge is 0.362 e. The fraction of sp³-hybridized carbons (Fsp3) is 0.889. The standard InChI is InChI=1S/C18H30N2O6/c1-15(2,3)13(21)19-7-11-17(23,9-19)26-12-8-20(10-18(12,24)25-11)14(22)16(4,5)6/h11-12,23-24H,7-10H2,1-6H3/t11-,12-,17-,18-/m0/s1. The molecule has 3 rings (SSSR count). The van der Waals surface area contributed by atoms with Crippen LogP contribution in [0.5, 0.6) is 0 Å². The summed E-state index contributed by atoms with van der Waals surface area (Å²) in [6.45, 7) is 11.1. The Morgan fingerprint density at radius 1 is 0.808 bits per heavy atom. The molecule has 4 atom stereocenters. The summed E-state index contributed by atoms with van der Waals surface area (Å²) in [5, 5.41) is 21.8. The van der Waals surface area contributed by atoms with E-state index >= 15 is 0 Å². The average molecular weight is 370 g/mol. The van der Waals surface area contributed by atoms with Crippen molar-refractivity contribution in [1.29, 1.82) is 0 Å². The highest BCUT2D eigenvalue weighted by atomic mass is 16.7. The van der Waals surface area contributed by atoms with E-state index in [-0.39, 0.29) is 38.0 Å². The molecule has 0 aromatic heterocycles. The molecule has 3 aliphatic heterocycles. The Balaban J connectivity index is 1.76. The topological polar surface area (TPSA) is 99.5 Å². The van der Waals surface area contributed by atoms with Crippen LogP contribution < -0.4 is 0 Å². The summed E-state index contributed by atoms with van der Waals surface area (Å²) in [5.74, 6) is -3.60. The summed E-state index contributed by atoms with van der Waals surface area (Å²) in [4.78, 5) is 28.1. The van der Waals surface area contributed by atoms with Crippen molar-refractivity contribution in [2.45, 2.75) is 65.3 Å². The van der Waals surface area contributed by atoms with Crippen LogP contribution in [0.1, 0.15) is 41.5 Å². The van der Waals surface area contributed by atoms with Crippen LogP contribution in [0.4, 0.5) is 0 Å². The highest BCUT2D eigenvalue weighted by Crippen LogP contribution is 2.42. The lowest BCUT2D eigenvalue weighted by molar-refractivity contribution is -0.396. The van der Waals surface area contributed by atoms with Crippen LogP contribution in [-0.2, 0) is 19.1 Å².